The van der Waals surface area contributed by atoms with Gasteiger partial charge in [0.25, 0.3) is 0 Å². The van der Waals surface area contributed by atoms with Crippen LogP contribution in [0.2, 0.25) is 0 Å². The fourth-order valence-corrected chi connectivity index (χ4v) is 3.46. The predicted molar refractivity (Wildman–Crippen MR) is 95.5 cm³/mol. The van der Waals surface area contributed by atoms with Gasteiger partial charge in [-0.25, -0.2) is 0 Å². The van der Waals surface area contributed by atoms with E-state index in [4.69, 9.17) is 6.42 Å². The van der Waals surface area contributed by atoms with Crippen LogP contribution in [0.25, 0.3) is 0 Å². The molecule has 0 unspecified atom stereocenters. The van der Waals surface area contributed by atoms with Crippen molar-refractivity contribution in [3.8, 4) is 18.1 Å². The lowest BCUT2D eigenvalue weighted by Crippen LogP contribution is -2.31. The molecule has 2 heteroatoms. The summed E-state index contributed by atoms with van der Waals surface area (Å²) < 4.78 is 0. The van der Waals surface area contributed by atoms with E-state index in [9.17, 15) is 10.2 Å². The zero-order chi connectivity index (χ0) is 17.0. The zero-order valence-electron chi connectivity index (χ0n) is 14.3. The molecular weight excluding hydrogens is 284 g/mol. The van der Waals surface area contributed by atoms with Crippen LogP contribution >= 0.6 is 0 Å². The molecule has 0 aliphatic heterocycles. The maximum absolute atomic E-state index is 9.84. The van der Waals surface area contributed by atoms with Crippen molar-refractivity contribution in [2.75, 3.05) is 0 Å². The molecule has 122 valence electrons. The normalized spacial score (nSPS) is 19.0. The molecule has 0 heterocycles. The molecule has 1 aromatic carbocycles. The van der Waals surface area contributed by atoms with Crippen LogP contribution in [0, 0.1) is 19.3 Å². The number of hydrogen-bond acceptors (Lipinski definition) is 2. The van der Waals surface area contributed by atoms with Gasteiger partial charge in [0, 0.05) is 11.0 Å². The van der Waals surface area contributed by atoms with Crippen molar-refractivity contribution in [3.63, 3.8) is 0 Å². The Labute approximate surface area is 139 Å². The highest BCUT2D eigenvalue weighted by molar-refractivity contribution is 5.50. The summed E-state index contributed by atoms with van der Waals surface area (Å²) in [5.41, 5.74) is 3.57. The number of aliphatic hydroxyl groups excluding tert-OH is 1. The van der Waals surface area contributed by atoms with Crippen molar-refractivity contribution in [1.82, 2.24) is 0 Å². The molecule has 0 aromatic heterocycles. The molecule has 1 fully saturated rings. The smallest absolute Gasteiger partial charge is 0.118 e. The van der Waals surface area contributed by atoms with E-state index in [1.165, 1.54) is 12.0 Å². The Morgan fingerprint density at radius 2 is 1.87 bits per heavy atom. The fraction of sp³-hybridized carbons (Fsp3) is 0.429. The molecule has 1 saturated carbocycles. The van der Waals surface area contributed by atoms with Crippen molar-refractivity contribution in [2.45, 2.75) is 58.3 Å². The predicted octanol–water partition coefficient (Wildman–Crippen LogP) is 5.31. The minimum Gasteiger partial charge on any atom is -0.512 e. The Balaban J connectivity index is 2.61. The highest BCUT2D eigenvalue weighted by atomic mass is 16.3. The molecule has 23 heavy (non-hydrogen) atoms. The van der Waals surface area contributed by atoms with Crippen LogP contribution < -0.4 is 0 Å². The zero-order valence-corrected chi connectivity index (χ0v) is 14.3. The number of rotatable bonds is 3. The molecule has 0 radical (unpaired) electrons. The summed E-state index contributed by atoms with van der Waals surface area (Å²) >= 11 is 0. The molecule has 0 atom stereocenters. The van der Waals surface area contributed by atoms with E-state index in [0.29, 0.717) is 11.5 Å². The summed E-state index contributed by atoms with van der Waals surface area (Å²) in [6.45, 7) is 5.47. The van der Waals surface area contributed by atoms with E-state index in [0.717, 1.165) is 42.4 Å². The van der Waals surface area contributed by atoms with Gasteiger partial charge in [-0.3, -0.25) is 0 Å². The largest absolute Gasteiger partial charge is 0.512 e. The second-order valence-corrected chi connectivity index (χ2v) is 6.61. The molecule has 0 spiro atoms. The van der Waals surface area contributed by atoms with Gasteiger partial charge in [-0.05, 0) is 62.5 Å². The number of aromatic hydroxyl groups is 1. The minimum absolute atomic E-state index is 0.192. The number of terminal acetylenes is 1. The monoisotopic (exact) mass is 310 g/mol. The van der Waals surface area contributed by atoms with Gasteiger partial charge in [0.05, 0.1) is 5.76 Å². The Morgan fingerprint density at radius 1 is 1.22 bits per heavy atom. The lowest BCUT2D eigenvalue weighted by Gasteiger charge is -2.38. The molecule has 1 aliphatic carbocycles. The summed E-state index contributed by atoms with van der Waals surface area (Å²) in [5, 5.41) is 19.6. The first-order valence-electron chi connectivity index (χ1n) is 8.26. The van der Waals surface area contributed by atoms with E-state index in [1.54, 1.807) is 13.0 Å². The van der Waals surface area contributed by atoms with E-state index < -0.39 is 0 Å². The summed E-state index contributed by atoms with van der Waals surface area (Å²) in [4.78, 5) is 0. The second kappa shape index (κ2) is 6.96. The van der Waals surface area contributed by atoms with E-state index >= 15 is 0 Å². The number of allylic oxidation sites excluding steroid dienone is 4. The fourth-order valence-electron chi connectivity index (χ4n) is 3.46. The van der Waals surface area contributed by atoms with Crippen molar-refractivity contribution < 1.29 is 10.2 Å². The lowest BCUT2D eigenvalue weighted by molar-refractivity contribution is 0.346. The molecule has 2 rings (SSSR count). The quantitative estimate of drug-likeness (QED) is 0.451. The number of hydrogen-bond donors (Lipinski definition) is 2. The number of aryl methyl sites for hydroxylation is 1. The standard InChI is InChI=1S/C21H26O2/c1-5-18(13-15(2)17(4)22)21(11-7-6-8-12-21)19-9-10-20(23)16(3)14-19/h1,9-10,13-14,22-23H,6-8,11-12H2,2-4H3/b17-15+,18-13+. The maximum atomic E-state index is 9.84. The Kier molecular flexibility index (Phi) is 5.21. The van der Waals surface area contributed by atoms with Crippen molar-refractivity contribution in [1.29, 1.82) is 0 Å². The van der Waals surface area contributed by atoms with Crippen molar-refractivity contribution in [2.24, 2.45) is 0 Å². The first-order chi connectivity index (χ1) is 10.9. The SMILES string of the molecule is C#C/C(=C\C(C)=C(/C)O)C1(c2ccc(O)c(C)c2)CCCCC1. The summed E-state index contributed by atoms with van der Waals surface area (Å²) in [6.07, 6.45) is 13.3. The average molecular weight is 310 g/mol. The van der Waals surface area contributed by atoms with Crippen LogP contribution in [0.3, 0.4) is 0 Å². The number of phenolic OH excluding ortho intramolecular Hbond substituents is 1. The third-order valence-electron chi connectivity index (χ3n) is 5.06. The highest BCUT2D eigenvalue weighted by Gasteiger charge is 2.37. The number of aliphatic hydroxyl groups is 1. The molecule has 0 amide bonds. The van der Waals surface area contributed by atoms with E-state index in [1.807, 2.05) is 26.0 Å². The van der Waals surface area contributed by atoms with Crippen LogP contribution in [0.5, 0.6) is 5.75 Å². The highest BCUT2D eigenvalue weighted by Crippen LogP contribution is 2.46. The van der Waals surface area contributed by atoms with E-state index in [-0.39, 0.29) is 5.41 Å². The summed E-state index contributed by atoms with van der Waals surface area (Å²) in [6, 6.07) is 5.80. The topological polar surface area (TPSA) is 40.5 Å². The third kappa shape index (κ3) is 3.45. The first-order valence-corrected chi connectivity index (χ1v) is 8.26. The molecule has 0 saturated heterocycles. The minimum atomic E-state index is -0.192. The molecule has 2 nitrogen and oxygen atoms in total. The summed E-state index contributed by atoms with van der Waals surface area (Å²) in [7, 11) is 0. The third-order valence-corrected chi connectivity index (χ3v) is 5.06. The van der Waals surface area contributed by atoms with Gasteiger partial charge in [0.15, 0.2) is 0 Å². The van der Waals surface area contributed by atoms with Crippen LogP contribution in [0.4, 0.5) is 0 Å². The number of benzene rings is 1. The van der Waals surface area contributed by atoms with E-state index in [2.05, 4.69) is 12.0 Å². The number of phenols is 1. The van der Waals surface area contributed by atoms with Crippen LogP contribution in [0.1, 0.15) is 57.1 Å². The van der Waals surface area contributed by atoms with Gasteiger partial charge < -0.3 is 10.2 Å². The Hall–Kier alpha value is -2.14. The maximum Gasteiger partial charge on any atom is 0.118 e. The molecule has 1 aromatic rings. The first kappa shape index (κ1) is 17.2. The molecule has 1 aliphatic rings. The molecule has 2 N–H and O–H groups in total. The lowest BCUT2D eigenvalue weighted by atomic mass is 9.64. The van der Waals surface area contributed by atoms with Gasteiger partial charge in [-0.1, -0.05) is 37.3 Å². The van der Waals surface area contributed by atoms with Gasteiger partial charge >= 0.3 is 0 Å². The average Bonchev–Trinajstić information content (AvgIpc) is 2.55. The summed E-state index contributed by atoms with van der Waals surface area (Å²) in [5.74, 6) is 3.49. The van der Waals surface area contributed by atoms with Crippen LogP contribution in [-0.2, 0) is 5.41 Å². The molecular formula is C21H26O2. The van der Waals surface area contributed by atoms with Crippen molar-refractivity contribution >= 4 is 0 Å². The Bertz CT molecular complexity index is 676. The second-order valence-electron chi connectivity index (χ2n) is 6.61. The van der Waals surface area contributed by atoms with Gasteiger partial charge in [0.1, 0.15) is 5.75 Å². The van der Waals surface area contributed by atoms with Crippen molar-refractivity contribution in [3.05, 3.63) is 52.3 Å². The van der Waals surface area contributed by atoms with Gasteiger partial charge in [-0.2, -0.15) is 0 Å². The van der Waals surface area contributed by atoms with Gasteiger partial charge in [0.2, 0.25) is 0 Å². The van der Waals surface area contributed by atoms with Crippen LogP contribution in [-0.4, -0.2) is 10.2 Å². The van der Waals surface area contributed by atoms with Crippen LogP contribution in [0.15, 0.2) is 41.2 Å². The van der Waals surface area contributed by atoms with Gasteiger partial charge in [-0.15, -0.1) is 6.42 Å². The molecule has 0 bridgehead atoms. The Morgan fingerprint density at radius 3 is 2.39 bits per heavy atom.